The van der Waals surface area contributed by atoms with Crippen LogP contribution in [0.1, 0.15) is 33.1 Å². The predicted molar refractivity (Wildman–Crippen MR) is 67.2 cm³/mol. The standard InChI is InChI=1S/C13H21NO4/c1-9(10(2)13(16)17)12(15)14(3)8-11-6-4-5-7-18-11/h11H,4-8H2,1-3H3,(H,16,17). The van der Waals surface area contributed by atoms with Gasteiger partial charge in [0.05, 0.1) is 6.10 Å². The Bertz CT molecular complexity index is 356. The van der Waals surface area contributed by atoms with E-state index in [9.17, 15) is 9.59 Å². The minimum atomic E-state index is -1.05. The van der Waals surface area contributed by atoms with Gasteiger partial charge in [0.25, 0.3) is 0 Å². The Morgan fingerprint density at radius 3 is 2.44 bits per heavy atom. The molecule has 0 aromatic heterocycles. The van der Waals surface area contributed by atoms with E-state index in [1.807, 2.05) is 0 Å². The van der Waals surface area contributed by atoms with Crippen molar-refractivity contribution in [2.45, 2.75) is 39.2 Å². The Kier molecular flexibility index (Phi) is 5.34. The first-order valence-corrected chi connectivity index (χ1v) is 6.21. The number of hydrogen-bond donors (Lipinski definition) is 1. The summed E-state index contributed by atoms with van der Waals surface area (Å²) in [5.41, 5.74) is 0.372. The summed E-state index contributed by atoms with van der Waals surface area (Å²) in [4.78, 5) is 24.4. The number of hydrogen-bond acceptors (Lipinski definition) is 3. The fourth-order valence-corrected chi connectivity index (χ4v) is 1.95. The van der Waals surface area contributed by atoms with Gasteiger partial charge in [-0.3, -0.25) is 4.79 Å². The van der Waals surface area contributed by atoms with Crippen molar-refractivity contribution in [3.8, 4) is 0 Å². The number of rotatable bonds is 4. The van der Waals surface area contributed by atoms with E-state index in [1.54, 1.807) is 14.0 Å². The minimum absolute atomic E-state index is 0.0747. The zero-order chi connectivity index (χ0) is 13.7. The molecule has 1 unspecified atom stereocenters. The Hall–Kier alpha value is -1.36. The molecule has 5 nitrogen and oxygen atoms in total. The van der Waals surface area contributed by atoms with Crippen LogP contribution in [0.4, 0.5) is 0 Å². The zero-order valence-corrected chi connectivity index (χ0v) is 11.2. The Morgan fingerprint density at radius 2 is 1.94 bits per heavy atom. The van der Waals surface area contributed by atoms with Crippen molar-refractivity contribution in [3.63, 3.8) is 0 Å². The molecule has 1 saturated heterocycles. The van der Waals surface area contributed by atoms with Crippen LogP contribution in [-0.2, 0) is 14.3 Å². The van der Waals surface area contributed by atoms with Gasteiger partial charge >= 0.3 is 5.97 Å². The molecular weight excluding hydrogens is 234 g/mol. The van der Waals surface area contributed by atoms with Crippen LogP contribution in [-0.4, -0.2) is 48.2 Å². The van der Waals surface area contributed by atoms with E-state index in [0.29, 0.717) is 6.54 Å². The van der Waals surface area contributed by atoms with Crippen LogP contribution in [0.2, 0.25) is 0 Å². The first-order chi connectivity index (χ1) is 8.43. The number of nitrogens with zero attached hydrogens (tertiary/aromatic N) is 1. The number of likely N-dealkylation sites (N-methyl/N-ethyl adjacent to an activating group) is 1. The number of ether oxygens (including phenoxy) is 1. The Balaban J connectivity index is 2.60. The molecule has 0 saturated carbocycles. The minimum Gasteiger partial charge on any atom is -0.478 e. The molecule has 102 valence electrons. The summed E-state index contributed by atoms with van der Waals surface area (Å²) in [6.07, 6.45) is 3.23. The van der Waals surface area contributed by atoms with E-state index in [1.165, 1.54) is 11.8 Å². The van der Waals surface area contributed by atoms with Crippen molar-refractivity contribution in [3.05, 3.63) is 11.1 Å². The summed E-state index contributed by atoms with van der Waals surface area (Å²) >= 11 is 0. The van der Waals surface area contributed by atoms with Gasteiger partial charge in [-0.05, 0) is 33.1 Å². The van der Waals surface area contributed by atoms with E-state index in [-0.39, 0.29) is 23.2 Å². The molecule has 0 radical (unpaired) electrons. The fourth-order valence-electron chi connectivity index (χ4n) is 1.95. The molecule has 1 aliphatic heterocycles. The molecular formula is C13H21NO4. The molecule has 1 amide bonds. The predicted octanol–water partition coefficient (Wildman–Crippen LogP) is 1.43. The van der Waals surface area contributed by atoms with Crippen LogP contribution in [0.5, 0.6) is 0 Å². The van der Waals surface area contributed by atoms with E-state index >= 15 is 0 Å². The number of carboxylic acids is 1. The number of carbonyl (C=O) groups is 2. The van der Waals surface area contributed by atoms with Crippen molar-refractivity contribution in [1.82, 2.24) is 4.90 Å². The normalized spacial score (nSPS) is 21.2. The number of amides is 1. The lowest BCUT2D eigenvalue weighted by Crippen LogP contribution is -2.37. The average molecular weight is 255 g/mol. The molecule has 0 aromatic carbocycles. The van der Waals surface area contributed by atoms with Gasteiger partial charge in [0.1, 0.15) is 0 Å². The second-order valence-electron chi connectivity index (χ2n) is 4.73. The lowest BCUT2D eigenvalue weighted by atomic mass is 10.1. The van der Waals surface area contributed by atoms with Crippen LogP contribution in [0.15, 0.2) is 11.1 Å². The van der Waals surface area contributed by atoms with E-state index < -0.39 is 5.97 Å². The first kappa shape index (κ1) is 14.7. The second kappa shape index (κ2) is 6.54. The highest BCUT2D eigenvalue weighted by atomic mass is 16.5. The highest BCUT2D eigenvalue weighted by molar-refractivity contribution is 6.01. The van der Waals surface area contributed by atoms with Crippen molar-refractivity contribution in [1.29, 1.82) is 0 Å². The maximum absolute atomic E-state index is 12.0. The number of carbonyl (C=O) groups excluding carboxylic acids is 1. The number of carboxylic acid groups (broad SMARTS) is 1. The van der Waals surface area contributed by atoms with Crippen molar-refractivity contribution in [2.24, 2.45) is 0 Å². The van der Waals surface area contributed by atoms with Crippen molar-refractivity contribution < 1.29 is 19.4 Å². The summed E-state index contributed by atoms with van der Waals surface area (Å²) < 4.78 is 5.56. The maximum atomic E-state index is 12.0. The van der Waals surface area contributed by atoms with Gasteiger partial charge in [-0.25, -0.2) is 4.79 Å². The van der Waals surface area contributed by atoms with Gasteiger partial charge in [0.15, 0.2) is 0 Å². The third kappa shape index (κ3) is 3.84. The molecule has 0 aromatic rings. The van der Waals surface area contributed by atoms with Crippen LogP contribution in [0.3, 0.4) is 0 Å². The molecule has 1 aliphatic rings. The smallest absolute Gasteiger partial charge is 0.331 e. The molecule has 0 bridgehead atoms. The van der Waals surface area contributed by atoms with Gasteiger partial charge in [-0.2, -0.15) is 0 Å². The van der Waals surface area contributed by atoms with Crippen LogP contribution in [0.25, 0.3) is 0 Å². The first-order valence-electron chi connectivity index (χ1n) is 6.21. The lowest BCUT2D eigenvalue weighted by Gasteiger charge is -2.27. The Morgan fingerprint density at radius 1 is 1.28 bits per heavy atom. The quantitative estimate of drug-likeness (QED) is 0.772. The molecule has 5 heteroatoms. The molecule has 1 atom stereocenters. The molecule has 1 heterocycles. The molecule has 0 aliphatic carbocycles. The molecule has 1 fully saturated rings. The van der Waals surface area contributed by atoms with Gasteiger partial charge in [-0.15, -0.1) is 0 Å². The maximum Gasteiger partial charge on any atom is 0.331 e. The third-order valence-corrected chi connectivity index (χ3v) is 3.30. The van der Waals surface area contributed by atoms with Crippen LogP contribution < -0.4 is 0 Å². The largest absolute Gasteiger partial charge is 0.478 e. The average Bonchev–Trinajstić information content (AvgIpc) is 2.37. The lowest BCUT2D eigenvalue weighted by molar-refractivity contribution is -0.134. The zero-order valence-electron chi connectivity index (χ0n) is 11.2. The van der Waals surface area contributed by atoms with Crippen LogP contribution >= 0.6 is 0 Å². The Labute approximate surface area is 107 Å². The summed E-state index contributed by atoms with van der Waals surface area (Å²) in [6, 6.07) is 0. The highest BCUT2D eigenvalue weighted by Gasteiger charge is 2.21. The summed E-state index contributed by atoms with van der Waals surface area (Å²) in [6.45, 7) is 4.25. The highest BCUT2D eigenvalue weighted by Crippen LogP contribution is 2.15. The monoisotopic (exact) mass is 255 g/mol. The van der Waals surface area contributed by atoms with Gasteiger partial charge in [0, 0.05) is 31.3 Å². The second-order valence-corrected chi connectivity index (χ2v) is 4.73. The van der Waals surface area contributed by atoms with Gasteiger partial charge < -0.3 is 14.7 Å². The topological polar surface area (TPSA) is 66.8 Å². The van der Waals surface area contributed by atoms with E-state index in [4.69, 9.17) is 9.84 Å². The fraction of sp³-hybridized carbons (Fsp3) is 0.692. The number of aliphatic carboxylic acids is 1. The summed E-state index contributed by atoms with van der Waals surface area (Å²) in [7, 11) is 1.68. The van der Waals surface area contributed by atoms with E-state index in [2.05, 4.69) is 0 Å². The summed E-state index contributed by atoms with van der Waals surface area (Å²) in [5, 5.41) is 8.85. The SMILES string of the molecule is CC(C(=O)O)=C(C)C(=O)N(C)CC1CCCCO1. The van der Waals surface area contributed by atoms with Crippen molar-refractivity contribution >= 4 is 11.9 Å². The molecule has 0 spiro atoms. The van der Waals surface area contributed by atoms with Gasteiger partial charge in [-0.1, -0.05) is 0 Å². The van der Waals surface area contributed by atoms with Gasteiger partial charge in [0.2, 0.25) is 5.91 Å². The molecule has 1 rings (SSSR count). The van der Waals surface area contributed by atoms with Crippen molar-refractivity contribution in [2.75, 3.05) is 20.2 Å². The third-order valence-electron chi connectivity index (χ3n) is 3.30. The van der Waals surface area contributed by atoms with E-state index in [0.717, 1.165) is 25.9 Å². The molecule has 1 N–H and O–H groups in total. The van der Waals surface area contributed by atoms with Crippen LogP contribution in [0, 0.1) is 0 Å². The molecule has 18 heavy (non-hydrogen) atoms. The summed E-state index contributed by atoms with van der Waals surface area (Å²) in [5.74, 6) is -1.30.